The maximum absolute atomic E-state index is 13.7. The number of halogens is 1. The highest BCUT2D eigenvalue weighted by Crippen LogP contribution is 2.25. The number of methoxy groups -OCH3 is 1. The molecule has 3 rings (SSSR count). The highest BCUT2D eigenvalue weighted by atomic mass is 19.1. The predicted molar refractivity (Wildman–Crippen MR) is 97.9 cm³/mol. The molecule has 2 aromatic rings. The summed E-state index contributed by atoms with van der Waals surface area (Å²) >= 11 is 0. The average molecular weight is 358 g/mol. The Bertz CT molecular complexity index is 776. The van der Waals surface area contributed by atoms with E-state index >= 15 is 0 Å². The molecule has 7 heteroatoms. The fraction of sp³-hybridized carbons (Fsp3) is 0.368. The topological polar surface area (TPSA) is 57.7 Å². The van der Waals surface area contributed by atoms with Crippen LogP contribution in [0.25, 0.3) is 0 Å². The van der Waals surface area contributed by atoms with Crippen molar-refractivity contribution in [2.24, 2.45) is 0 Å². The molecule has 0 atom stereocenters. The standard InChI is InChI=1S/C19H23FN4O2/c1-21-15-3-4-16(18(11-15)26-2)19(25)24-9-7-23(8-10-24)13-14-5-6-22-12-17(14)20/h3-6,11-12,21H,7-10,13H2,1-2H3. The maximum Gasteiger partial charge on any atom is 0.257 e. The van der Waals surface area contributed by atoms with Crippen LogP contribution in [0.15, 0.2) is 36.7 Å². The summed E-state index contributed by atoms with van der Waals surface area (Å²) in [6, 6.07) is 7.15. The third-order valence-electron chi connectivity index (χ3n) is 4.63. The van der Waals surface area contributed by atoms with Crippen LogP contribution in [0.2, 0.25) is 0 Å². The molecule has 1 aliphatic heterocycles. The molecule has 1 saturated heterocycles. The van der Waals surface area contributed by atoms with Gasteiger partial charge in [0, 0.05) is 63.3 Å². The van der Waals surface area contributed by atoms with Gasteiger partial charge in [-0.25, -0.2) is 4.39 Å². The summed E-state index contributed by atoms with van der Waals surface area (Å²) in [5.74, 6) is 0.225. The first kappa shape index (κ1) is 18.1. The summed E-state index contributed by atoms with van der Waals surface area (Å²) in [6.45, 7) is 3.12. The molecule has 0 radical (unpaired) electrons. The van der Waals surface area contributed by atoms with Gasteiger partial charge in [0.05, 0.1) is 18.9 Å². The molecule has 0 bridgehead atoms. The number of hydrogen-bond acceptors (Lipinski definition) is 5. The van der Waals surface area contributed by atoms with Crippen molar-refractivity contribution in [1.29, 1.82) is 0 Å². The third kappa shape index (κ3) is 3.94. The van der Waals surface area contributed by atoms with E-state index in [4.69, 9.17) is 4.74 Å². The number of hydrogen-bond donors (Lipinski definition) is 1. The Kier molecular flexibility index (Phi) is 5.68. The number of piperazine rings is 1. The minimum Gasteiger partial charge on any atom is -0.496 e. The zero-order chi connectivity index (χ0) is 18.5. The minimum atomic E-state index is -0.291. The van der Waals surface area contributed by atoms with E-state index in [2.05, 4.69) is 15.2 Å². The zero-order valence-corrected chi connectivity index (χ0v) is 15.0. The zero-order valence-electron chi connectivity index (χ0n) is 15.0. The van der Waals surface area contributed by atoms with Crippen LogP contribution >= 0.6 is 0 Å². The molecule has 26 heavy (non-hydrogen) atoms. The Morgan fingerprint density at radius 3 is 2.69 bits per heavy atom. The van der Waals surface area contributed by atoms with Gasteiger partial charge in [-0.15, -0.1) is 0 Å². The van der Waals surface area contributed by atoms with Crippen LogP contribution in [0.5, 0.6) is 5.75 Å². The number of carbonyl (C=O) groups excluding carboxylic acids is 1. The van der Waals surface area contributed by atoms with Crippen LogP contribution in [-0.4, -0.2) is 61.0 Å². The molecule has 1 aliphatic rings. The van der Waals surface area contributed by atoms with E-state index in [0.29, 0.717) is 49.6 Å². The third-order valence-corrected chi connectivity index (χ3v) is 4.63. The molecule has 1 N–H and O–H groups in total. The SMILES string of the molecule is CNc1ccc(C(=O)N2CCN(Cc3ccncc3F)CC2)c(OC)c1. The van der Waals surface area contributed by atoms with Crippen molar-refractivity contribution in [3.05, 3.63) is 53.6 Å². The number of benzene rings is 1. The Morgan fingerprint density at radius 1 is 1.27 bits per heavy atom. The molecule has 1 aromatic heterocycles. The van der Waals surface area contributed by atoms with Crippen molar-refractivity contribution >= 4 is 11.6 Å². The number of rotatable bonds is 5. The van der Waals surface area contributed by atoms with E-state index in [1.807, 2.05) is 24.1 Å². The molecule has 1 aromatic carbocycles. The van der Waals surface area contributed by atoms with Gasteiger partial charge in [0.25, 0.3) is 5.91 Å². The molecule has 1 fully saturated rings. The Morgan fingerprint density at radius 2 is 2.04 bits per heavy atom. The van der Waals surface area contributed by atoms with Crippen LogP contribution in [0.1, 0.15) is 15.9 Å². The molecule has 1 amide bonds. The van der Waals surface area contributed by atoms with Gasteiger partial charge < -0.3 is 15.0 Å². The van der Waals surface area contributed by atoms with Gasteiger partial charge in [0.2, 0.25) is 0 Å². The van der Waals surface area contributed by atoms with Crippen molar-refractivity contribution < 1.29 is 13.9 Å². The van der Waals surface area contributed by atoms with Crippen molar-refractivity contribution in [1.82, 2.24) is 14.8 Å². The number of ether oxygens (including phenoxy) is 1. The number of pyridine rings is 1. The van der Waals surface area contributed by atoms with Gasteiger partial charge in [-0.1, -0.05) is 0 Å². The summed E-state index contributed by atoms with van der Waals surface area (Å²) in [6.07, 6.45) is 2.83. The lowest BCUT2D eigenvalue weighted by atomic mass is 10.1. The summed E-state index contributed by atoms with van der Waals surface area (Å²) in [7, 11) is 3.38. The van der Waals surface area contributed by atoms with Crippen LogP contribution < -0.4 is 10.1 Å². The van der Waals surface area contributed by atoms with Crippen molar-refractivity contribution in [3.8, 4) is 5.75 Å². The lowest BCUT2D eigenvalue weighted by molar-refractivity contribution is 0.0624. The van der Waals surface area contributed by atoms with E-state index in [9.17, 15) is 9.18 Å². The van der Waals surface area contributed by atoms with E-state index in [1.165, 1.54) is 6.20 Å². The first-order valence-corrected chi connectivity index (χ1v) is 8.58. The smallest absolute Gasteiger partial charge is 0.257 e. The molecule has 2 heterocycles. The summed E-state index contributed by atoms with van der Waals surface area (Å²) in [5.41, 5.74) is 2.08. The predicted octanol–water partition coefficient (Wildman–Crippen LogP) is 2.23. The number of amides is 1. The second-order valence-electron chi connectivity index (χ2n) is 6.20. The molecule has 6 nitrogen and oxygen atoms in total. The fourth-order valence-corrected chi connectivity index (χ4v) is 3.08. The number of carbonyl (C=O) groups is 1. The lowest BCUT2D eigenvalue weighted by Crippen LogP contribution is -2.48. The van der Waals surface area contributed by atoms with Gasteiger partial charge in [-0.3, -0.25) is 14.7 Å². The number of nitrogens with one attached hydrogen (secondary N) is 1. The van der Waals surface area contributed by atoms with Gasteiger partial charge in [-0.05, 0) is 18.2 Å². The second kappa shape index (κ2) is 8.14. The fourth-order valence-electron chi connectivity index (χ4n) is 3.08. The van der Waals surface area contributed by atoms with Crippen LogP contribution in [0.4, 0.5) is 10.1 Å². The monoisotopic (exact) mass is 358 g/mol. The summed E-state index contributed by atoms with van der Waals surface area (Å²) in [4.78, 5) is 20.6. The van der Waals surface area contributed by atoms with Crippen LogP contribution in [-0.2, 0) is 6.54 Å². The normalized spacial score (nSPS) is 15.0. The number of aromatic nitrogens is 1. The van der Waals surface area contributed by atoms with E-state index in [-0.39, 0.29) is 11.7 Å². The molecule has 0 unspecified atom stereocenters. The van der Waals surface area contributed by atoms with E-state index in [1.54, 1.807) is 25.4 Å². The first-order valence-electron chi connectivity index (χ1n) is 8.58. The summed E-state index contributed by atoms with van der Waals surface area (Å²) in [5, 5.41) is 3.03. The maximum atomic E-state index is 13.7. The van der Waals surface area contributed by atoms with E-state index < -0.39 is 0 Å². The number of anilines is 1. The average Bonchev–Trinajstić information content (AvgIpc) is 2.69. The van der Waals surface area contributed by atoms with Gasteiger partial charge in [0.1, 0.15) is 11.6 Å². The Balaban J connectivity index is 1.63. The molecular weight excluding hydrogens is 335 g/mol. The highest BCUT2D eigenvalue weighted by Gasteiger charge is 2.24. The molecule has 0 spiro atoms. The largest absolute Gasteiger partial charge is 0.496 e. The Labute approximate surface area is 152 Å². The lowest BCUT2D eigenvalue weighted by Gasteiger charge is -2.35. The molecular formula is C19H23FN4O2. The van der Waals surface area contributed by atoms with Gasteiger partial charge in [-0.2, -0.15) is 0 Å². The van der Waals surface area contributed by atoms with Crippen molar-refractivity contribution in [2.45, 2.75) is 6.54 Å². The van der Waals surface area contributed by atoms with Crippen LogP contribution in [0, 0.1) is 5.82 Å². The van der Waals surface area contributed by atoms with Crippen molar-refractivity contribution in [2.75, 3.05) is 45.7 Å². The number of nitrogens with zero attached hydrogens (tertiary/aromatic N) is 3. The van der Waals surface area contributed by atoms with E-state index in [0.717, 1.165) is 5.69 Å². The van der Waals surface area contributed by atoms with Gasteiger partial charge in [0.15, 0.2) is 0 Å². The molecule has 0 aliphatic carbocycles. The van der Waals surface area contributed by atoms with Crippen LogP contribution in [0.3, 0.4) is 0 Å². The Hall–Kier alpha value is -2.67. The first-order chi connectivity index (χ1) is 12.6. The summed E-state index contributed by atoms with van der Waals surface area (Å²) < 4.78 is 19.1. The highest BCUT2D eigenvalue weighted by molar-refractivity contribution is 5.97. The quantitative estimate of drug-likeness (QED) is 0.888. The van der Waals surface area contributed by atoms with Gasteiger partial charge >= 0.3 is 0 Å². The molecule has 138 valence electrons. The van der Waals surface area contributed by atoms with Crippen molar-refractivity contribution in [3.63, 3.8) is 0 Å². The minimum absolute atomic E-state index is 0.0424. The second-order valence-corrected chi connectivity index (χ2v) is 6.20. The molecule has 0 saturated carbocycles.